The van der Waals surface area contributed by atoms with Crippen molar-refractivity contribution in [1.82, 2.24) is 9.55 Å². The summed E-state index contributed by atoms with van der Waals surface area (Å²) in [7, 11) is 0. The van der Waals surface area contributed by atoms with Crippen LogP contribution in [0.4, 0.5) is 0 Å². The molecule has 0 amide bonds. The molecule has 3 rings (SSSR count). The van der Waals surface area contributed by atoms with Gasteiger partial charge in [-0.25, -0.2) is 9.59 Å². The van der Waals surface area contributed by atoms with Gasteiger partial charge < -0.3 is 4.42 Å². The molecular weight excluding hydrogens is 268 g/mol. The van der Waals surface area contributed by atoms with Crippen LogP contribution in [-0.4, -0.2) is 9.55 Å². The fourth-order valence-corrected chi connectivity index (χ4v) is 2.24. The minimum atomic E-state index is -0.681. The van der Waals surface area contributed by atoms with Gasteiger partial charge in [-0.3, -0.25) is 9.55 Å². The molecule has 2 aromatic heterocycles. The Kier molecular flexibility index (Phi) is 3.23. The highest BCUT2D eigenvalue weighted by molar-refractivity contribution is 5.83. The Bertz CT molecular complexity index is 924. The minimum absolute atomic E-state index is 0.277. The van der Waals surface area contributed by atoms with Gasteiger partial charge in [0.15, 0.2) is 0 Å². The molecular formula is C16H12N2O3. The van der Waals surface area contributed by atoms with Gasteiger partial charge in [0.2, 0.25) is 0 Å². The lowest BCUT2D eigenvalue weighted by Crippen LogP contribution is -2.24. The lowest BCUT2D eigenvalue weighted by atomic mass is 10.1. The van der Waals surface area contributed by atoms with Crippen molar-refractivity contribution in [3.8, 4) is 11.1 Å². The van der Waals surface area contributed by atoms with Crippen LogP contribution in [0.25, 0.3) is 22.0 Å². The van der Waals surface area contributed by atoms with Crippen molar-refractivity contribution in [1.29, 1.82) is 0 Å². The third kappa shape index (κ3) is 2.29. The van der Waals surface area contributed by atoms with Crippen LogP contribution in [0.3, 0.4) is 0 Å². The van der Waals surface area contributed by atoms with Crippen LogP contribution in [-0.2, 0) is 6.54 Å². The fraction of sp³-hybridized carbons (Fsp3) is 0.0625. The minimum Gasteiger partial charge on any atom is -0.372 e. The van der Waals surface area contributed by atoms with Crippen LogP contribution in [0.1, 0.15) is 0 Å². The average molecular weight is 280 g/mol. The number of nitrogens with zero attached hydrogens (tertiary/aromatic N) is 2. The van der Waals surface area contributed by atoms with Gasteiger partial charge in [0, 0.05) is 18.9 Å². The molecule has 21 heavy (non-hydrogen) atoms. The molecule has 0 radical (unpaired) electrons. The van der Waals surface area contributed by atoms with Gasteiger partial charge in [-0.2, -0.15) is 0 Å². The second-order valence-electron chi connectivity index (χ2n) is 4.52. The summed E-state index contributed by atoms with van der Waals surface area (Å²) >= 11 is 0. The SMILES string of the molecule is C=CCn1c(=O)oc(=O)c2ccc(-c3ccncc3)cc21. The van der Waals surface area contributed by atoms with E-state index < -0.39 is 11.4 Å². The first-order valence-corrected chi connectivity index (χ1v) is 6.39. The van der Waals surface area contributed by atoms with Crippen LogP contribution in [0.2, 0.25) is 0 Å². The molecule has 5 nitrogen and oxygen atoms in total. The van der Waals surface area contributed by atoms with Crippen molar-refractivity contribution in [2.75, 3.05) is 0 Å². The molecule has 0 saturated carbocycles. The molecule has 104 valence electrons. The number of hydrogen-bond donors (Lipinski definition) is 0. The summed E-state index contributed by atoms with van der Waals surface area (Å²) in [6.45, 7) is 3.90. The molecule has 0 fully saturated rings. The summed E-state index contributed by atoms with van der Waals surface area (Å²) in [4.78, 5) is 27.6. The molecule has 0 spiro atoms. The van der Waals surface area contributed by atoms with Crippen LogP contribution < -0.4 is 11.4 Å². The molecule has 0 aliphatic heterocycles. The lowest BCUT2D eigenvalue weighted by molar-refractivity contribution is 0.426. The first kappa shape index (κ1) is 13.1. The quantitative estimate of drug-likeness (QED) is 0.690. The Labute approximate surface area is 119 Å². The number of fused-ring (bicyclic) bond motifs is 1. The van der Waals surface area contributed by atoms with Gasteiger partial charge in [0.1, 0.15) is 0 Å². The standard InChI is InChI=1S/C16H12N2O3/c1-2-9-18-14-10-12(11-5-7-17-8-6-11)3-4-13(14)15(19)21-16(18)20/h2-8,10H,1,9H2. The molecule has 0 bridgehead atoms. The van der Waals surface area contributed by atoms with Crippen LogP contribution in [0.5, 0.6) is 0 Å². The summed E-state index contributed by atoms with van der Waals surface area (Å²) in [6, 6.07) is 9.00. The van der Waals surface area contributed by atoms with Gasteiger partial charge >= 0.3 is 11.4 Å². The summed E-state index contributed by atoms with van der Waals surface area (Å²) in [5.74, 6) is -0.681. The molecule has 0 unspecified atom stereocenters. The van der Waals surface area contributed by atoms with Crippen molar-refractivity contribution >= 4 is 10.9 Å². The summed E-state index contributed by atoms with van der Waals surface area (Å²) in [5, 5.41) is 0.370. The van der Waals surface area contributed by atoms with Gasteiger partial charge in [0.25, 0.3) is 0 Å². The van der Waals surface area contributed by atoms with Crippen molar-refractivity contribution in [2.24, 2.45) is 0 Å². The number of rotatable bonds is 3. The molecule has 0 saturated heterocycles. The number of benzene rings is 1. The van der Waals surface area contributed by atoms with E-state index in [-0.39, 0.29) is 6.54 Å². The Morgan fingerprint density at radius 1 is 1.14 bits per heavy atom. The summed E-state index contributed by atoms with van der Waals surface area (Å²) in [6.07, 6.45) is 4.96. The maximum atomic E-state index is 11.8. The van der Waals surface area contributed by atoms with E-state index in [1.54, 1.807) is 30.6 Å². The van der Waals surface area contributed by atoms with E-state index in [4.69, 9.17) is 4.42 Å². The Hall–Kier alpha value is -2.95. The zero-order valence-electron chi connectivity index (χ0n) is 11.2. The predicted octanol–water partition coefficient (Wildman–Crippen LogP) is 2.20. The Morgan fingerprint density at radius 3 is 2.62 bits per heavy atom. The molecule has 5 heteroatoms. The second kappa shape index (κ2) is 5.20. The van der Waals surface area contributed by atoms with Crippen molar-refractivity contribution < 1.29 is 4.42 Å². The van der Waals surface area contributed by atoms with Crippen molar-refractivity contribution in [3.05, 3.63) is 76.4 Å². The van der Waals surface area contributed by atoms with E-state index >= 15 is 0 Å². The van der Waals surface area contributed by atoms with Crippen molar-refractivity contribution in [2.45, 2.75) is 6.54 Å². The van der Waals surface area contributed by atoms with E-state index in [1.807, 2.05) is 18.2 Å². The van der Waals surface area contributed by atoms with Gasteiger partial charge in [-0.1, -0.05) is 12.1 Å². The molecule has 0 atom stereocenters. The summed E-state index contributed by atoms with van der Waals surface area (Å²) < 4.78 is 6.10. The Morgan fingerprint density at radius 2 is 1.90 bits per heavy atom. The Balaban J connectivity index is 2.34. The third-order valence-electron chi connectivity index (χ3n) is 3.23. The van der Waals surface area contributed by atoms with Gasteiger partial charge in [0.05, 0.1) is 10.9 Å². The molecule has 2 heterocycles. The highest BCUT2D eigenvalue weighted by Crippen LogP contribution is 2.22. The zero-order valence-corrected chi connectivity index (χ0v) is 11.2. The van der Waals surface area contributed by atoms with E-state index in [2.05, 4.69) is 11.6 Å². The maximum Gasteiger partial charge on any atom is 0.422 e. The van der Waals surface area contributed by atoms with Gasteiger partial charge in [-0.15, -0.1) is 6.58 Å². The summed E-state index contributed by atoms with van der Waals surface area (Å²) in [5.41, 5.74) is 1.76. The van der Waals surface area contributed by atoms with E-state index in [1.165, 1.54) is 4.57 Å². The molecule has 0 aliphatic carbocycles. The van der Waals surface area contributed by atoms with Gasteiger partial charge in [-0.05, 0) is 35.4 Å². The highest BCUT2D eigenvalue weighted by atomic mass is 16.4. The highest BCUT2D eigenvalue weighted by Gasteiger charge is 2.09. The lowest BCUT2D eigenvalue weighted by Gasteiger charge is -2.08. The van der Waals surface area contributed by atoms with E-state index in [9.17, 15) is 9.59 Å². The van der Waals surface area contributed by atoms with Crippen LogP contribution >= 0.6 is 0 Å². The van der Waals surface area contributed by atoms with E-state index in [0.717, 1.165) is 11.1 Å². The molecule has 0 N–H and O–H groups in total. The first-order valence-electron chi connectivity index (χ1n) is 6.39. The fourth-order valence-electron chi connectivity index (χ4n) is 2.24. The first-order chi connectivity index (χ1) is 10.2. The molecule has 1 aromatic carbocycles. The topological polar surface area (TPSA) is 65.1 Å². The normalized spacial score (nSPS) is 10.7. The number of aromatic nitrogens is 2. The monoisotopic (exact) mass is 280 g/mol. The molecule has 0 aliphatic rings. The van der Waals surface area contributed by atoms with Crippen molar-refractivity contribution in [3.63, 3.8) is 0 Å². The zero-order chi connectivity index (χ0) is 14.8. The number of pyridine rings is 1. The average Bonchev–Trinajstić information content (AvgIpc) is 2.52. The van der Waals surface area contributed by atoms with E-state index in [0.29, 0.717) is 10.9 Å². The largest absolute Gasteiger partial charge is 0.422 e. The van der Waals surface area contributed by atoms with Crippen LogP contribution in [0.15, 0.2) is 69.4 Å². The molecule has 3 aromatic rings. The second-order valence-corrected chi connectivity index (χ2v) is 4.52. The maximum absolute atomic E-state index is 11.8. The predicted molar refractivity (Wildman–Crippen MR) is 80.2 cm³/mol. The third-order valence-corrected chi connectivity index (χ3v) is 3.23. The number of allylic oxidation sites excluding steroid dienone is 1. The number of hydrogen-bond acceptors (Lipinski definition) is 4. The van der Waals surface area contributed by atoms with Crippen LogP contribution in [0, 0.1) is 0 Å². The smallest absolute Gasteiger partial charge is 0.372 e.